The topological polar surface area (TPSA) is 59.3 Å². The monoisotopic (exact) mass is 307 g/mol. The summed E-state index contributed by atoms with van der Waals surface area (Å²) in [5, 5.41) is 3.72. The summed E-state index contributed by atoms with van der Waals surface area (Å²) in [5.41, 5.74) is 0. The molecule has 0 saturated heterocycles. The van der Waals surface area contributed by atoms with E-state index in [0.717, 1.165) is 25.1 Å². The average molecular weight is 308 g/mol. The van der Waals surface area contributed by atoms with Crippen LogP contribution in [0.2, 0.25) is 5.22 Å². The van der Waals surface area contributed by atoms with Gasteiger partial charge in [0.1, 0.15) is 15.6 Å². The standard InChI is InChI=1S/C13H22ClNO3S/c1-3-9-15-11(12-7-8-13(14)18-12)6-5-10-19(16,17)4-2/h7-8,11,15H,3-6,9-10H2,1-2H3. The molecule has 1 atom stereocenters. The van der Waals surface area contributed by atoms with Gasteiger partial charge in [-0.15, -0.1) is 0 Å². The number of nitrogens with one attached hydrogen (secondary N) is 1. The number of rotatable bonds is 9. The van der Waals surface area contributed by atoms with Gasteiger partial charge in [-0.3, -0.25) is 0 Å². The molecular formula is C13H22ClNO3S. The molecular weight excluding hydrogens is 286 g/mol. The summed E-state index contributed by atoms with van der Waals surface area (Å²) >= 11 is 5.78. The van der Waals surface area contributed by atoms with Crippen LogP contribution < -0.4 is 5.32 Å². The van der Waals surface area contributed by atoms with Crippen molar-refractivity contribution < 1.29 is 12.8 Å². The van der Waals surface area contributed by atoms with Gasteiger partial charge < -0.3 is 9.73 Å². The molecule has 6 heteroatoms. The van der Waals surface area contributed by atoms with E-state index >= 15 is 0 Å². The SMILES string of the molecule is CCCNC(CCCS(=O)(=O)CC)c1ccc(Cl)o1. The molecule has 0 spiro atoms. The third kappa shape index (κ3) is 5.97. The van der Waals surface area contributed by atoms with E-state index in [9.17, 15) is 8.42 Å². The molecule has 0 aliphatic rings. The molecule has 1 aromatic heterocycles. The second-order valence-electron chi connectivity index (χ2n) is 4.53. The molecule has 0 saturated carbocycles. The highest BCUT2D eigenvalue weighted by Gasteiger charge is 2.16. The van der Waals surface area contributed by atoms with Gasteiger partial charge in [0, 0.05) is 5.75 Å². The van der Waals surface area contributed by atoms with E-state index in [0.29, 0.717) is 11.6 Å². The van der Waals surface area contributed by atoms with E-state index in [1.165, 1.54) is 0 Å². The third-order valence-electron chi connectivity index (χ3n) is 2.97. The molecule has 19 heavy (non-hydrogen) atoms. The fourth-order valence-electron chi connectivity index (χ4n) is 1.83. The number of sulfone groups is 1. The van der Waals surface area contributed by atoms with Crippen molar-refractivity contribution in [3.8, 4) is 0 Å². The first-order valence-electron chi connectivity index (χ1n) is 6.67. The van der Waals surface area contributed by atoms with Crippen LogP contribution >= 0.6 is 11.6 Å². The molecule has 1 N–H and O–H groups in total. The van der Waals surface area contributed by atoms with Crippen LogP contribution in [0.5, 0.6) is 0 Å². The molecule has 0 aliphatic heterocycles. The molecule has 110 valence electrons. The van der Waals surface area contributed by atoms with Crippen LogP contribution in [-0.4, -0.2) is 26.5 Å². The fourth-order valence-corrected chi connectivity index (χ4v) is 2.88. The number of halogens is 1. The summed E-state index contributed by atoms with van der Waals surface area (Å²) in [7, 11) is -2.90. The van der Waals surface area contributed by atoms with Crippen LogP contribution in [0.1, 0.15) is 44.9 Å². The van der Waals surface area contributed by atoms with Gasteiger partial charge in [0.2, 0.25) is 0 Å². The minimum atomic E-state index is -2.90. The lowest BCUT2D eigenvalue weighted by Crippen LogP contribution is -2.22. The Balaban J connectivity index is 2.55. The highest BCUT2D eigenvalue weighted by Crippen LogP contribution is 2.23. The molecule has 0 aliphatic carbocycles. The normalized spacial score (nSPS) is 13.6. The number of furan rings is 1. The Labute approximate surface area is 120 Å². The Kier molecular flexibility index (Phi) is 6.89. The highest BCUT2D eigenvalue weighted by molar-refractivity contribution is 7.91. The molecule has 4 nitrogen and oxygen atoms in total. The fraction of sp³-hybridized carbons (Fsp3) is 0.692. The lowest BCUT2D eigenvalue weighted by atomic mass is 10.1. The molecule has 1 unspecified atom stereocenters. The molecule has 0 radical (unpaired) electrons. The van der Waals surface area contributed by atoms with Crippen molar-refractivity contribution in [2.45, 2.75) is 39.2 Å². The van der Waals surface area contributed by atoms with E-state index in [1.807, 2.05) is 6.07 Å². The second-order valence-corrected chi connectivity index (χ2v) is 7.37. The quantitative estimate of drug-likeness (QED) is 0.761. The van der Waals surface area contributed by atoms with Crippen molar-refractivity contribution in [3.05, 3.63) is 23.1 Å². The summed E-state index contributed by atoms with van der Waals surface area (Å²) in [5.74, 6) is 1.20. The minimum absolute atomic E-state index is 0.0273. The van der Waals surface area contributed by atoms with E-state index in [4.69, 9.17) is 16.0 Å². The highest BCUT2D eigenvalue weighted by atomic mass is 35.5. The maximum absolute atomic E-state index is 11.5. The first-order valence-corrected chi connectivity index (χ1v) is 8.87. The zero-order valence-electron chi connectivity index (χ0n) is 11.5. The van der Waals surface area contributed by atoms with Crippen LogP contribution in [-0.2, 0) is 9.84 Å². The molecule has 0 bridgehead atoms. The van der Waals surface area contributed by atoms with Crippen LogP contribution in [0.4, 0.5) is 0 Å². The molecule has 0 aromatic carbocycles. The third-order valence-corrected chi connectivity index (χ3v) is 4.96. The van der Waals surface area contributed by atoms with Gasteiger partial charge in [0.15, 0.2) is 5.22 Å². The van der Waals surface area contributed by atoms with Gasteiger partial charge in [-0.1, -0.05) is 13.8 Å². The van der Waals surface area contributed by atoms with Gasteiger partial charge in [0.05, 0.1) is 11.8 Å². The molecule has 1 aromatic rings. The summed E-state index contributed by atoms with van der Waals surface area (Å²) in [6, 6.07) is 3.57. The van der Waals surface area contributed by atoms with Gasteiger partial charge in [0.25, 0.3) is 0 Å². The first-order chi connectivity index (χ1) is 8.98. The Bertz CT molecular complexity index is 470. The summed E-state index contributed by atoms with van der Waals surface area (Å²) < 4.78 is 28.3. The largest absolute Gasteiger partial charge is 0.448 e. The van der Waals surface area contributed by atoms with Crippen molar-refractivity contribution in [1.29, 1.82) is 0 Å². The minimum Gasteiger partial charge on any atom is -0.448 e. The van der Waals surface area contributed by atoms with Gasteiger partial charge in [-0.25, -0.2) is 8.42 Å². The average Bonchev–Trinajstić information content (AvgIpc) is 2.80. The Hall–Kier alpha value is -0.520. The number of hydrogen-bond donors (Lipinski definition) is 1. The van der Waals surface area contributed by atoms with E-state index in [2.05, 4.69) is 12.2 Å². The molecule has 0 amide bonds. The van der Waals surface area contributed by atoms with Crippen molar-refractivity contribution in [1.82, 2.24) is 5.32 Å². The summed E-state index contributed by atoms with van der Waals surface area (Å²) in [6.45, 7) is 4.62. The van der Waals surface area contributed by atoms with E-state index in [-0.39, 0.29) is 17.5 Å². The lowest BCUT2D eigenvalue weighted by molar-refractivity contribution is 0.394. The molecule has 0 fully saturated rings. The Morgan fingerprint density at radius 2 is 2.11 bits per heavy atom. The van der Waals surface area contributed by atoms with Crippen molar-refractivity contribution in [2.75, 3.05) is 18.1 Å². The van der Waals surface area contributed by atoms with Gasteiger partial charge in [-0.2, -0.15) is 0 Å². The van der Waals surface area contributed by atoms with Crippen LogP contribution in [0.15, 0.2) is 16.5 Å². The van der Waals surface area contributed by atoms with Crippen LogP contribution in [0, 0.1) is 0 Å². The van der Waals surface area contributed by atoms with Crippen molar-refractivity contribution in [3.63, 3.8) is 0 Å². The summed E-state index contributed by atoms with van der Waals surface area (Å²) in [6.07, 6.45) is 2.36. The van der Waals surface area contributed by atoms with Crippen LogP contribution in [0.3, 0.4) is 0 Å². The number of hydrogen-bond acceptors (Lipinski definition) is 4. The lowest BCUT2D eigenvalue weighted by Gasteiger charge is -2.16. The van der Waals surface area contributed by atoms with Gasteiger partial charge >= 0.3 is 0 Å². The second kappa shape index (κ2) is 7.92. The smallest absolute Gasteiger partial charge is 0.193 e. The zero-order valence-corrected chi connectivity index (χ0v) is 13.1. The predicted octanol–water partition coefficient (Wildman–Crippen LogP) is 3.19. The maximum atomic E-state index is 11.5. The van der Waals surface area contributed by atoms with Gasteiger partial charge in [-0.05, 0) is 49.5 Å². The maximum Gasteiger partial charge on any atom is 0.193 e. The Morgan fingerprint density at radius 3 is 2.63 bits per heavy atom. The van der Waals surface area contributed by atoms with Crippen LogP contribution in [0.25, 0.3) is 0 Å². The Morgan fingerprint density at radius 1 is 1.37 bits per heavy atom. The zero-order chi connectivity index (χ0) is 14.3. The van der Waals surface area contributed by atoms with Crippen molar-refractivity contribution >= 4 is 21.4 Å². The predicted molar refractivity (Wildman–Crippen MR) is 78.3 cm³/mol. The molecule has 1 heterocycles. The summed E-state index contributed by atoms with van der Waals surface area (Å²) in [4.78, 5) is 0. The van der Waals surface area contributed by atoms with E-state index < -0.39 is 9.84 Å². The molecule has 1 rings (SSSR count). The van der Waals surface area contributed by atoms with Crippen molar-refractivity contribution in [2.24, 2.45) is 0 Å². The first kappa shape index (κ1) is 16.5. The van der Waals surface area contributed by atoms with E-state index in [1.54, 1.807) is 13.0 Å².